The van der Waals surface area contributed by atoms with Crippen LogP contribution in [0.15, 0.2) is 35.1 Å². The molecule has 2 aromatic rings. The Morgan fingerprint density at radius 1 is 1.32 bits per heavy atom. The fraction of sp³-hybridized carbons (Fsp3) is 0.400. The molecular formula is C15H20BrN3. The van der Waals surface area contributed by atoms with Crippen molar-refractivity contribution in [2.75, 3.05) is 5.32 Å². The Morgan fingerprint density at radius 2 is 2.05 bits per heavy atom. The van der Waals surface area contributed by atoms with E-state index in [1.165, 1.54) is 11.1 Å². The largest absolute Gasteiger partial charge is 0.381 e. The number of hydrogen-bond acceptors (Lipinski definition) is 2. The van der Waals surface area contributed by atoms with Crippen LogP contribution in [0.5, 0.6) is 0 Å². The first-order chi connectivity index (χ1) is 8.86. The maximum absolute atomic E-state index is 4.41. The number of nitrogens with zero attached hydrogens (tertiary/aromatic N) is 2. The van der Waals surface area contributed by atoms with Crippen molar-refractivity contribution in [3.05, 3.63) is 46.2 Å². The first kappa shape index (κ1) is 14.1. The molecule has 0 bridgehead atoms. The van der Waals surface area contributed by atoms with Crippen molar-refractivity contribution in [3.8, 4) is 0 Å². The Balaban J connectivity index is 2.04. The molecule has 0 aliphatic heterocycles. The number of halogens is 1. The molecule has 1 heterocycles. The molecule has 2 rings (SSSR count). The summed E-state index contributed by atoms with van der Waals surface area (Å²) in [7, 11) is 0. The van der Waals surface area contributed by atoms with Crippen molar-refractivity contribution in [2.45, 2.75) is 39.8 Å². The minimum atomic E-state index is 0.0335. The summed E-state index contributed by atoms with van der Waals surface area (Å²) in [6, 6.07) is 6.25. The molecule has 0 aliphatic carbocycles. The van der Waals surface area contributed by atoms with Crippen molar-refractivity contribution >= 4 is 21.6 Å². The molecule has 19 heavy (non-hydrogen) atoms. The zero-order valence-electron chi connectivity index (χ0n) is 11.9. The number of nitrogens with one attached hydrogen (secondary N) is 1. The van der Waals surface area contributed by atoms with Crippen LogP contribution in [0.4, 0.5) is 5.69 Å². The molecule has 0 radical (unpaired) electrons. The van der Waals surface area contributed by atoms with Gasteiger partial charge >= 0.3 is 0 Å². The van der Waals surface area contributed by atoms with Gasteiger partial charge in [-0.1, -0.05) is 15.9 Å². The molecule has 0 saturated carbocycles. The van der Waals surface area contributed by atoms with Gasteiger partial charge in [-0.05, 0) is 51.5 Å². The molecular weight excluding hydrogens is 302 g/mol. The number of anilines is 1. The average Bonchev–Trinajstić information content (AvgIpc) is 2.76. The van der Waals surface area contributed by atoms with Gasteiger partial charge in [-0.3, -0.25) is 4.68 Å². The predicted molar refractivity (Wildman–Crippen MR) is 83.4 cm³/mol. The molecule has 1 aromatic carbocycles. The Bertz CT molecular complexity index is 567. The lowest BCUT2D eigenvalue weighted by Gasteiger charge is -2.18. The zero-order chi connectivity index (χ0) is 14.0. The molecule has 0 saturated heterocycles. The molecule has 0 unspecified atom stereocenters. The van der Waals surface area contributed by atoms with E-state index < -0.39 is 0 Å². The fourth-order valence-corrected chi connectivity index (χ4v) is 2.32. The van der Waals surface area contributed by atoms with Gasteiger partial charge in [0.05, 0.1) is 11.7 Å². The lowest BCUT2D eigenvalue weighted by Crippen LogP contribution is -2.21. The number of benzene rings is 1. The van der Waals surface area contributed by atoms with E-state index in [0.717, 1.165) is 16.7 Å². The Morgan fingerprint density at radius 3 is 2.63 bits per heavy atom. The van der Waals surface area contributed by atoms with Gasteiger partial charge in [0.1, 0.15) is 0 Å². The summed E-state index contributed by atoms with van der Waals surface area (Å²) in [5.74, 6) is 0. The molecule has 1 aromatic heterocycles. The summed E-state index contributed by atoms with van der Waals surface area (Å²) in [5.41, 5.74) is 3.62. The smallest absolute Gasteiger partial charge is 0.0543 e. The van der Waals surface area contributed by atoms with E-state index in [0.29, 0.717) is 0 Å². The Kier molecular flexibility index (Phi) is 3.99. The normalized spacial score (nSPS) is 11.6. The van der Waals surface area contributed by atoms with Crippen LogP contribution in [0.2, 0.25) is 0 Å². The minimum absolute atomic E-state index is 0.0335. The van der Waals surface area contributed by atoms with E-state index in [4.69, 9.17) is 0 Å². The maximum Gasteiger partial charge on any atom is 0.0543 e. The van der Waals surface area contributed by atoms with Crippen LogP contribution < -0.4 is 5.32 Å². The van der Waals surface area contributed by atoms with Gasteiger partial charge in [0, 0.05) is 28.5 Å². The first-order valence-corrected chi connectivity index (χ1v) is 7.19. The molecule has 0 fully saturated rings. The van der Waals surface area contributed by atoms with Crippen LogP contribution in [-0.4, -0.2) is 9.78 Å². The SMILES string of the molecule is Cc1cc(Br)ccc1NCc1cnn(C(C)(C)C)c1. The predicted octanol–water partition coefficient (Wildman–Crippen LogP) is 4.32. The van der Waals surface area contributed by atoms with Crippen molar-refractivity contribution in [1.29, 1.82) is 0 Å². The van der Waals surface area contributed by atoms with E-state index in [2.05, 4.69) is 72.4 Å². The average molecular weight is 322 g/mol. The van der Waals surface area contributed by atoms with Gasteiger partial charge < -0.3 is 5.32 Å². The number of aryl methyl sites for hydroxylation is 1. The van der Waals surface area contributed by atoms with Crippen LogP contribution >= 0.6 is 15.9 Å². The van der Waals surface area contributed by atoms with Crippen LogP contribution in [0, 0.1) is 6.92 Å². The van der Waals surface area contributed by atoms with Crippen molar-refractivity contribution in [3.63, 3.8) is 0 Å². The second-order valence-corrected chi connectivity index (χ2v) is 6.69. The highest BCUT2D eigenvalue weighted by Crippen LogP contribution is 2.21. The molecule has 0 amide bonds. The third-order valence-electron chi connectivity index (χ3n) is 2.99. The highest BCUT2D eigenvalue weighted by atomic mass is 79.9. The van der Waals surface area contributed by atoms with Crippen LogP contribution in [0.1, 0.15) is 31.9 Å². The molecule has 0 aliphatic rings. The van der Waals surface area contributed by atoms with E-state index in [1.54, 1.807) is 0 Å². The standard InChI is InChI=1S/C15H20BrN3/c1-11-7-13(16)5-6-14(11)17-8-12-9-18-19(10-12)15(2,3)4/h5-7,9-10,17H,8H2,1-4H3. The minimum Gasteiger partial charge on any atom is -0.381 e. The Hall–Kier alpha value is -1.29. The summed E-state index contributed by atoms with van der Waals surface area (Å²) in [6.07, 6.45) is 4.02. The molecule has 3 nitrogen and oxygen atoms in total. The van der Waals surface area contributed by atoms with E-state index >= 15 is 0 Å². The fourth-order valence-electron chi connectivity index (χ4n) is 1.84. The quantitative estimate of drug-likeness (QED) is 0.912. The van der Waals surface area contributed by atoms with Crippen molar-refractivity contribution < 1.29 is 0 Å². The summed E-state index contributed by atoms with van der Waals surface area (Å²) in [5, 5.41) is 7.85. The number of aromatic nitrogens is 2. The first-order valence-electron chi connectivity index (χ1n) is 6.40. The summed E-state index contributed by atoms with van der Waals surface area (Å²) in [6.45, 7) is 9.34. The lowest BCUT2D eigenvalue weighted by atomic mass is 10.1. The molecule has 1 N–H and O–H groups in total. The molecule has 0 atom stereocenters. The van der Waals surface area contributed by atoms with E-state index in [-0.39, 0.29) is 5.54 Å². The molecule has 0 spiro atoms. The highest BCUT2D eigenvalue weighted by molar-refractivity contribution is 9.10. The van der Waals surface area contributed by atoms with Gasteiger partial charge in [0.25, 0.3) is 0 Å². The second kappa shape index (κ2) is 5.37. The third kappa shape index (κ3) is 3.60. The van der Waals surface area contributed by atoms with Gasteiger partial charge in [0.2, 0.25) is 0 Å². The Labute approximate surface area is 123 Å². The number of hydrogen-bond donors (Lipinski definition) is 1. The second-order valence-electron chi connectivity index (χ2n) is 5.78. The van der Waals surface area contributed by atoms with Gasteiger partial charge in [0.15, 0.2) is 0 Å². The lowest BCUT2D eigenvalue weighted by molar-refractivity contribution is 0.355. The maximum atomic E-state index is 4.41. The van der Waals surface area contributed by atoms with Gasteiger partial charge in [-0.25, -0.2) is 0 Å². The summed E-state index contributed by atoms with van der Waals surface area (Å²) < 4.78 is 3.11. The number of rotatable bonds is 3. The van der Waals surface area contributed by atoms with Crippen LogP contribution in [0.25, 0.3) is 0 Å². The monoisotopic (exact) mass is 321 g/mol. The highest BCUT2D eigenvalue weighted by Gasteiger charge is 2.13. The summed E-state index contributed by atoms with van der Waals surface area (Å²) in [4.78, 5) is 0. The van der Waals surface area contributed by atoms with Crippen molar-refractivity contribution in [2.24, 2.45) is 0 Å². The summed E-state index contributed by atoms with van der Waals surface area (Å²) >= 11 is 3.48. The van der Waals surface area contributed by atoms with Gasteiger partial charge in [-0.2, -0.15) is 5.10 Å². The van der Waals surface area contributed by atoms with Crippen molar-refractivity contribution in [1.82, 2.24) is 9.78 Å². The van der Waals surface area contributed by atoms with Crippen LogP contribution in [0.3, 0.4) is 0 Å². The molecule has 4 heteroatoms. The van der Waals surface area contributed by atoms with Gasteiger partial charge in [-0.15, -0.1) is 0 Å². The topological polar surface area (TPSA) is 29.9 Å². The molecule has 102 valence electrons. The van der Waals surface area contributed by atoms with E-state index in [9.17, 15) is 0 Å². The van der Waals surface area contributed by atoms with E-state index in [1.807, 2.05) is 16.9 Å². The third-order valence-corrected chi connectivity index (χ3v) is 3.49. The zero-order valence-corrected chi connectivity index (χ0v) is 13.5. The van der Waals surface area contributed by atoms with Crippen LogP contribution in [-0.2, 0) is 12.1 Å².